The number of ether oxygens (including phenoxy) is 1. The number of rotatable bonds is 5. The van der Waals surface area contributed by atoms with Crippen molar-refractivity contribution in [1.29, 1.82) is 5.26 Å². The summed E-state index contributed by atoms with van der Waals surface area (Å²) in [5.74, 6) is -0.394. The Bertz CT molecular complexity index is 903. The molecule has 0 aliphatic heterocycles. The number of benzene rings is 2. The van der Waals surface area contributed by atoms with Crippen LogP contribution in [0, 0.1) is 11.3 Å². The molecule has 3 amide bonds. The Hall–Kier alpha value is -2.63. The summed E-state index contributed by atoms with van der Waals surface area (Å²) < 4.78 is 7.52. The average molecular weight is 479 g/mol. The molecular weight excluding hydrogens is 466 g/mol. The van der Waals surface area contributed by atoms with Crippen molar-refractivity contribution in [1.82, 2.24) is 5.32 Å². The number of hydrogen-bond donors (Lipinski definition) is 2. The minimum absolute atomic E-state index is 0.268. The van der Waals surface area contributed by atoms with Crippen LogP contribution < -0.4 is 15.8 Å². The van der Waals surface area contributed by atoms with Crippen LogP contribution in [0.15, 0.2) is 57.0 Å². The van der Waals surface area contributed by atoms with Crippen molar-refractivity contribution in [2.45, 2.75) is 6.61 Å². The van der Waals surface area contributed by atoms with Gasteiger partial charge in [-0.05, 0) is 42.0 Å². The van der Waals surface area contributed by atoms with E-state index in [1.165, 1.54) is 6.08 Å². The zero-order valence-corrected chi connectivity index (χ0v) is 16.5. The molecule has 0 atom stereocenters. The van der Waals surface area contributed by atoms with Gasteiger partial charge in [0.15, 0.2) is 0 Å². The van der Waals surface area contributed by atoms with Gasteiger partial charge in [0.1, 0.15) is 24.0 Å². The Morgan fingerprint density at radius 3 is 2.42 bits per heavy atom. The van der Waals surface area contributed by atoms with E-state index in [4.69, 9.17) is 10.5 Å². The van der Waals surface area contributed by atoms with E-state index in [0.29, 0.717) is 17.9 Å². The summed E-state index contributed by atoms with van der Waals surface area (Å²) in [7, 11) is 0. The summed E-state index contributed by atoms with van der Waals surface area (Å²) in [5.41, 5.74) is 6.11. The van der Waals surface area contributed by atoms with Crippen molar-refractivity contribution in [3.8, 4) is 11.8 Å². The molecule has 3 N–H and O–H groups in total. The number of carbonyl (C=O) groups excluding carboxylic acids is 2. The molecule has 0 spiro atoms. The molecule has 0 saturated carbocycles. The molecular formula is C18H13Br2N3O3. The first kappa shape index (κ1) is 19.7. The quantitative estimate of drug-likeness (QED) is 0.502. The fraction of sp³-hybridized carbons (Fsp3) is 0.0556. The van der Waals surface area contributed by atoms with Gasteiger partial charge in [-0.3, -0.25) is 10.1 Å². The van der Waals surface area contributed by atoms with Gasteiger partial charge >= 0.3 is 6.03 Å². The van der Waals surface area contributed by atoms with Crippen LogP contribution >= 0.6 is 31.9 Å². The van der Waals surface area contributed by atoms with E-state index < -0.39 is 11.9 Å². The lowest BCUT2D eigenvalue weighted by Crippen LogP contribution is -2.35. The van der Waals surface area contributed by atoms with Gasteiger partial charge in [0.05, 0.1) is 0 Å². The zero-order chi connectivity index (χ0) is 19.1. The number of primary amides is 1. The molecule has 132 valence electrons. The number of nitrogens with one attached hydrogen (secondary N) is 1. The molecule has 2 rings (SSSR count). The van der Waals surface area contributed by atoms with Gasteiger partial charge in [-0.1, -0.05) is 44.0 Å². The number of imide groups is 1. The SMILES string of the molecule is N#C/C(=C/c1cc(Br)ccc1OCc1ccc(Br)cc1)C(=O)NC(N)=O. The second kappa shape index (κ2) is 9.17. The lowest BCUT2D eigenvalue weighted by atomic mass is 10.1. The van der Waals surface area contributed by atoms with Gasteiger partial charge in [0, 0.05) is 14.5 Å². The lowest BCUT2D eigenvalue weighted by Gasteiger charge is -2.10. The van der Waals surface area contributed by atoms with Crippen molar-refractivity contribution >= 4 is 49.9 Å². The van der Waals surface area contributed by atoms with Crippen LogP contribution in [-0.2, 0) is 11.4 Å². The van der Waals surface area contributed by atoms with Gasteiger partial charge in [-0.15, -0.1) is 0 Å². The molecule has 0 unspecified atom stereocenters. The van der Waals surface area contributed by atoms with E-state index in [1.807, 2.05) is 29.6 Å². The van der Waals surface area contributed by atoms with E-state index >= 15 is 0 Å². The third kappa shape index (κ3) is 5.72. The van der Waals surface area contributed by atoms with Gasteiger partial charge in [0.2, 0.25) is 0 Å². The number of nitrogens with two attached hydrogens (primary N) is 1. The molecule has 0 fully saturated rings. The number of urea groups is 1. The van der Waals surface area contributed by atoms with E-state index in [9.17, 15) is 14.9 Å². The van der Waals surface area contributed by atoms with Gasteiger partial charge in [-0.25, -0.2) is 4.79 Å². The van der Waals surface area contributed by atoms with Crippen molar-refractivity contribution < 1.29 is 14.3 Å². The second-order valence-electron chi connectivity index (χ2n) is 5.09. The molecule has 0 aromatic heterocycles. The fourth-order valence-corrected chi connectivity index (χ4v) is 2.63. The lowest BCUT2D eigenvalue weighted by molar-refractivity contribution is -0.115. The van der Waals surface area contributed by atoms with Crippen LogP contribution in [0.2, 0.25) is 0 Å². The molecule has 0 bridgehead atoms. The number of nitrogens with zero attached hydrogens (tertiary/aromatic N) is 1. The number of amides is 3. The summed E-state index contributed by atoms with van der Waals surface area (Å²) >= 11 is 6.71. The number of halogens is 2. The largest absolute Gasteiger partial charge is 0.488 e. The Morgan fingerprint density at radius 1 is 1.15 bits per heavy atom. The van der Waals surface area contributed by atoms with Gasteiger partial charge in [0.25, 0.3) is 5.91 Å². The Kier molecular flexibility index (Phi) is 6.95. The molecule has 0 aliphatic rings. The van der Waals surface area contributed by atoms with Crippen LogP contribution in [-0.4, -0.2) is 11.9 Å². The Balaban J connectivity index is 2.27. The molecule has 0 heterocycles. The third-order valence-electron chi connectivity index (χ3n) is 3.18. The molecule has 8 heteroatoms. The molecule has 6 nitrogen and oxygen atoms in total. The topological polar surface area (TPSA) is 105 Å². The smallest absolute Gasteiger partial charge is 0.319 e. The summed E-state index contributed by atoms with van der Waals surface area (Å²) in [4.78, 5) is 22.6. The van der Waals surface area contributed by atoms with Crippen molar-refractivity contribution in [3.05, 3.63) is 68.1 Å². The predicted molar refractivity (Wildman–Crippen MR) is 104 cm³/mol. The first-order chi connectivity index (χ1) is 12.4. The van der Waals surface area contributed by atoms with E-state index in [0.717, 1.165) is 14.5 Å². The zero-order valence-electron chi connectivity index (χ0n) is 13.3. The Labute approximate surface area is 166 Å². The highest BCUT2D eigenvalue weighted by atomic mass is 79.9. The molecule has 0 radical (unpaired) electrons. The average Bonchev–Trinajstić information content (AvgIpc) is 2.59. The highest BCUT2D eigenvalue weighted by Gasteiger charge is 2.13. The molecule has 0 aliphatic carbocycles. The van der Waals surface area contributed by atoms with E-state index in [2.05, 4.69) is 31.9 Å². The highest BCUT2D eigenvalue weighted by molar-refractivity contribution is 9.10. The van der Waals surface area contributed by atoms with E-state index in [1.54, 1.807) is 24.3 Å². The van der Waals surface area contributed by atoms with Crippen LogP contribution in [0.5, 0.6) is 5.75 Å². The summed E-state index contributed by atoms with van der Waals surface area (Å²) in [6.45, 7) is 0.311. The highest BCUT2D eigenvalue weighted by Crippen LogP contribution is 2.26. The van der Waals surface area contributed by atoms with Crippen LogP contribution in [0.3, 0.4) is 0 Å². The second-order valence-corrected chi connectivity index (χ2v) is 6.92. The Morgan fingerprint density at radius 2 is 1.81 bits per heavy atom. The maximum absolute atomic E-state index is 11.8. The monoisotopic (exact) mass is 477 g/mol. The minimum atomic E-state index is -1.03. The maximum Gasteiger partial charge on any atom is 0.319 e. The van der Waals surface area contributed by atoms with Crippen LogP contribution in [0.25, 0.3) is 6.08 Å². The van der Waals surface area contributed by atoms with Crippen molar-refractivity contribution in [3.63, 3.8) is 0 Å². The number of nitriles is 1. The predicted octanol–water partition coefficient (Wildman–Crippen LogP) is 3.89. The molecule has 0 saturated heterocycles. The van der Waals surface area contributed by atoms with E-state index in [-0.39, 0.29) is 5.57 Å². The molecule has 26 heavy (non-hydrogen) atoms. The summed E-state index contributed by atoms with van der Waals surface area (Å²) in [6, 6.07) is 13.6. The molecule has 2 aromatic rings. The first-order valence-electron chi connectivity index (χ1n) is 7.28. The summed E-state index contributed by atoms with van der Waals surface area (Å²) in [5, 5.41) is 11.0. The standard InChI is InChI=1S/C18H13Br2N3O3/c19-14-3-1-11(2-4-14)10-26-16-6-5-15(20)8-12(16)7-13(9-21)17(24)23-18(22)25/h1-8H,10H2,(H3,22,23,24,25)/b13-7-. The first-order valence-corrected chi connectivity index (χ1v) is 8.87. The van der Waals surface area contributed by atoms with Crippen molar-refractivity contribution in [2.75, 3.05) is 0 Å². The van der Waals surface area contributed by atoms with Crippen molar-refractivity contribution in [2.24, 2.45) is 5.73 Å². The van der Waals surface area contributed by atoms with Gasteiger partial charge < -0.3 is 10.5 Å². The molecule has 2 aromatic carbocycles. The minimum Gasteiger partial charge on any atom is -0.488 e. The van der Waals surface area contributed by atoms with Gasteiger partial charge in [-0.2, -0.15) is 5.26 Å². The summed E-state index contributed by atoms with van der Waals surface area (Å²) in [6.07, 6.45) is 1.33. The normalized spacial score (nSPS) is 10.7. The van der Waals surface area contributed by atoms with Crippen LogP contribution in [0.4, 0.5) is 4.79 Å². The fourth-order valence-electron chi connectivity index (χ4n) is 1.99. The third-order valence-corrected chi connectivity index (χ3v) is 4.20. The number of hydrogen-bond acceptors (Lipinski definition) is 4. The maximum atomic E-state index is 11.8. The van der Waals surface area contributed by atoms with Crippen LogP contribution in [0.1, 0.15) is 11.1 Å². The number of carbonyl (C=O) groups is 2.